The highest BCUT2D eigenvalue weighted by Crippen LogP contribution is 2.32. The van der Waals surface area contributed by atoms with Gasteiger partial charge in [-0.05, 0) is 31.4 Å². The molecule has 2 aliphatic heterocycles. The Morgan fingerprint density at radius 1 is 1.25 bits per heavy atom. The van der Waals surface area contributed by atoms with E-state index in [-0.39, 0.29) is 12.1 Å². The summed E-state index contributed by atoms with van der Waals surface area (Å²) in [7, 11) is 0. The fraction of sp³-hybridized carbons (Fsp3) is 0.562. The quantitative estimate of drug-likeness (QED) is 0.833. The number of carbonyl (C=O) groups is 1. The van der Waals surface area contributed by atoms with Crippen molar-refractivity contribution in [2.45, 2.75) is 42.2 Å². The molecule has 8 heteroatoms. The Bertz CT molecular complexity index is 570. The third kappa shape index (κ3) is 4.17. The van der Waals surface area contributed by atoms with Gasteiger partial charge in [0.1, 0.15) is 0 Å². The smallest absolute Gasteiger partial charge is 0.322 e. The zero-order valence-electron chi connectivity index (χ0n) is 13.1. The van der Waals surface area contributed by atoms with E-state index < -0.39 is 12.0 Å². The molecule has 2 fully saturated rings. The van der Waals surface area contributed by atoms with E-state index in [4.69, 9.17) is 9.47 Å². The van der Waals surface area contributed by atoms with Crippen molar-refractivity contribution < 1.29 is 23.0 Å². The van der Waals surface area contributed by atoms with Gasteiger partial charge in [-0.3, -0.25) is 0 Å². The Kier molecular flexibility index (Phi) is 5.91. The van der Waals surface area contributed by atoms with Crippen LogP contribution < -0.4 is 5.32 Å². The van der Waals surface area contributed by atoms with Crippen molar-refractivity contribution in [2.24, 2.45) is 0 Å². The van der Waals surface area contributed by atoms with Crippen molar-refractivity contribution in [3.8, 4) is 0 Å². The number of rotatable bonds is 4. The molecular formula is C16H20F2N2O3S. The number of nitrogens with zero attached hydrogens (tertiary/aromatic N) is 1. The molecule has 24 heavy (non-hydrogen) atoms. The zero-order valence-corrected chi connectivity index (χ0v) is 13.9. The predicted molar refractivity (Wildman–Crippen MR) is 87.4 cm³/mol. The van der Waals surface area contributed by atoms with E-state index in [9.17, 15) is 13.6 Å². The number of benzene rings is 1. The largest absolute Gasteiger partial charge is 0.348 e. The lowest BCUT2D eigenvalue weighted by molar-refractivity contribution is -0.0973. The van der Waals surface area contributed by atoms with Crippen molar-refractivity contribution in [2.75, 3.05) is 25.1 Å². The van der Waals surface area contributed by atoms with Crippen LogP contribution in [0, 0.1) is 0 Å². The normalized spacial score (nSPS) is 22.1. The average molecular weight is 358 g/mol. The summed E-state index contributed by atoms with van der Waals surface area (Å²) in [6, 6.07) is 6.14. The van der Waals surface area contributed by atoms with Crippen LogP contribution in [0.5, 0.6) is 0 Å². The molecule has 1 unspecified atom stereocenters. The van der Waals surface area contributed by atoms with Crippen molar-refractivity contribution in [1.29, 1.82) is 0 Å². The summed E-state index contributed by atoms with van der Waals surface area (Å²) in [5, 5.41) is 2.76. The van der Waals surface area contributed by atoms with Crippen LogP contribution in [0.1, 0.15) is 19.3 Å². The molecule has 1 aromatic carbocycles. The maximum absolute atomic E-state index is 12.7. The van der Waals surface area contributed by atoms with Crippen LogP contribution in [0.3, 0.4) is 0 Å². The number of ether oxygens (including phenoxy) is 2. The van der Waals surface area contributed by atoms with Crippen LogP contribution in [0.4, 0.5) is 19.3 Å². The minimum atomic E-state index is -2.54. The van der Waals surface area contributed by atoms with Crippen LogP contribution in [-0.2, 0) is 9.47 Å². The monoisotopic (exact) mass is 358 g/mol. The lowest BCUT2D eigenvalue weighted by atomic mass is 10.0. The summed E-state index contributed by atoms with van der Waals surface area (Å²) in [4.78, 5) is 14.7. The number of carbonyl (C=O) groups excluding carboxylic acids is 1. The Morgan fingerprint density at radius 2 is 2.00 bits per heavy atom. The van der Waals surface area contributed by atoms with E-state index in [1.807, 2.05) is 0 Å². The first-order valence-corrected chi connectivity index (χ1v) is 8.88. The van der Waals surface area contributed by atoms with Crippen molar-refractivity contribution in [3.05, 3.63) is 24.3 Å². The number of hydrogen-bond acceptors (Lipinski definition) is 4. The van der Waals surface area contributed by atoms with E-state index in [1.165, 1.54) is 0 Å². The number of hydrogen-bond donors (Lipinski definition) is 1. The maximum atomic E-state index is 12.7. The second kappa shape index (κ2) is 8.13. The van der Waals surface area contributed by atoms with Gasteiger partial charge in [0.25, 0.3) is 5.76 Å². The van der Waals surface area contributed by atoms with E-state index in [0.717, 1.165) is 19.3 Å². The number of urea groups is 1. The van der Waals surface area contributed by atoms with Crippen LogP contribution in [0.15, 0.2) is 29.2 Å². The van der Waals surface area contributed by atoms with Gasteiger partial charge in [-0.1, -0.05) is 23.9 Å². The minimum absolute atomic E-state index is 0.142. The molecule has 0 spiro atoms. The third-order valence-corrected chi connectivity index (χ3v) is 4.90. The molecule has 1 N–H and O–H groups in total. The maximum Gasteiger partial charge on any atom is 0.322 e. The van der Waals surface area contributed by atoms with Gasteiger partial charge in [-0.15, -0.1) is 0 Å². The van der Waals surface area contributed by atoms with Crippen molar-refractivity contribution >= 4 is 23.5 Å². The molecule has 2 saturated heterocycles. The number of likely N-dealkylation sites (tertiary alicyclic amines) is 1. The topological polar surface area (TPSA) is 50.8 Å². The highest BCUT2D eigenvalue weighted by molar-refractivity contribution is 7.99. The van der Waals surface area contributed by atoms with Gasteiger partial charge in [-0.2, -0.15) is 8.78 Å². The Hall–Kier alpha value is -1.38. The number of anilines is 1. The summed E-state index contributed by atoms with van der Waals surface area (Å²) >= 11 is 0.424. The Morgan fingerprint density at radius 3 is 2.75 bits per heavy atom. The van der Waals surface area contributed by atoms with Gasteiger partial charge in [-0.25, -0.2) is 4.79 Å². The molecule has 2 amide bonds. The van der Waals surface area contributed by atoms with E-state index >= 15 is 0 Å². The lowest BCUT2D eigenvalue weighted by Gasteiger charge is -2.37. The summed E-state index contributed by atoms with van der Waals surface area (Å²) in [5.74, 6) is -2.54. The van der Waals surface area contributed by atoms with Gasteiger partial charge < -0.3 is 19.7 Å². The van der Waals surface area contributed by atoms with Gasteiger partial charge >= 0.3 is 6.03 Å². The minimum Gasteiger partial charge on any atom is -0.348 e. The summed E-state index contributed by atoms with van der Waals surface area (Å²) in [5.41, 5.74) is 0.394. The van der Waals surface area contributed by atoms with Crippen LogP contribution in [-0.4, -0.2) is 48.8 Å². The van der Waals surface area contributed by atoms with Crippen molar-refractivity contribution in [1.82, 2.24) is 4.90 Å². The highest BCUT2D eigenvalue weighted by atomic mass is 32.2. The molecule has 5 nitrogen and oxygen atoms in total. The molecule has 1 atom stereocenters. The molecule has 0 saturated carbocycles. The number of alkyl halides is 2. The fourth-order valence-corrected chi connectivity index (χ4v) is 3.64. The predicted octanol–water partition coefficient (Wildman–Crippen LogP) is 3.76. The molecule has 0 bridgehead atoms. The first kappa shape index (κ1) is 17.4. The molecule has 0 aromatic heterocycles. The van der Waals surface area contributed by atoms with Gasteiger partial charge in [0.15, 0.2) is 6.29 Å². The SMILES string of the molecule is O=C(Nc1ccccc1SC(F)F)N1CCCCC1C1OCCO1. The molecule has 2 aliphatic rings. The summed E-state index contributed by atoms with van der Waals surface area (Å²) in [6.45, 7) is 1.67. The molecule has 2 heterocycles. The van der Waals surface area contributed by atoms with Crippen molar-refractivity contribution in [3.63, 3.8) is 0 Å². The average Bonchev–Trinajstić information content (AvgIpc) is 3.10. The zero-order chi connectivity index (χ0) is 16.9. The molecule has 132 valence electrons. The summed E-state index contributed by atoms with van der Waals surface area (Å²) in [6.07, 6.45) is 2.33. The van der Waals surface area contributed by atoms with Gasteiger partial charge in [0, 0.05) is 11.4 Å². The molecule has 0 aliphatic carbocycles. The second-order valence-corrected chi connectivity index (χ2v) is 6.70. The highest BCUT2D eigenvalue weighted by Gasteiger charge is 2.36. The molecule has 0 radical (unpaired) electrons. The number of nitrogens with one attached hydrogen (secondary N) is 1. The van der Waals surface area contributed by atoms with Crippen LogP contribution >= 0.6 is 11.8 Å². The van der Waals surface area contributed by atoms with Crippen LogP contribution in [0.25, 0.3) is 0 Å². The fourth-order valence-electron chi connectivity index (χ4n) is 3.05. The van der Waals surface area contributed by atoms with E-state index in [2.05, 4.69) is 5.32 Å². The number of amides is 2. The number of piperidine rings is 1. The van der Waals surface area contributed by atoms with E-state index in [1.54, 1.807) is 29.2 Å². The third-order valence-electron chi connectivity index (χ3n) is 4.12. The Balaban J connectivity index is 1.71. The van der Waals surface area contributed by atoms with Gasteiger partial charge in [0.2, 0.25) is 0 Å². The Labute approximate surface area is 143 Å². The summed E-state index contributed by atoms with van der Waals surface area (Å²) < 4.78 is 36.4. The molecule has 3 rings (SSSR count). The molecule has 1 aromatic rings. The number of para-hydroxylation sites is 1. The van der Waals surface area contributed by atoms with E-state index in [0.29, 0.717) is 42.1 Å². The van der Waals surface area contributed by atoms with Gasteiger partial charge in [0.05, 0.1) is 24.9 Å². The first-order chi connectivity index (χ1) is 11.6. The molecular weight excluding hydrogens is 338 g/mol. The lowest BCUT2D eigenvalue weighted by Crippen LogP contribution is -2.51. The number of thioether (sulfide) groups is 1. The second-order valence-electron chi connectivity index (χ2n) is 5.67. The standard InChI is InChI=1S/C16H20F2N2O3S/c17-15(18)24-13-7-2-1-5-11(13)19-16(21)20-8-4-3-6-12(20)14-22-9-10-23-14/h1-2,5,7,12,14-15H,3-4,6,8-10H2,(H,19,21). The van der Waals surface area contributed by atoms with Crippen LogP contribution in [0.2, 0.25) is 0 Å². The number of halogens is 2. The first-order valence-electron chi connectivity index (χ1n) is 8.00.